The molecule has 1 N–H and O–H groups in total. The summed E-state index contributed by atoms with van der Waals surface area (Å²) >= 11 is 0. The zero-order valence-electron chi connectivity index (χ0n) is 13.5. The van der Waals surface area contributed by atoms with Gasteiger partial charge in [0.05, 0.1) is 15.9 Å². The van der Waals surface area contributed by atoms with Crippen LogP contribution >= 0.6 is 0 Å². The Bertz CT molecular complexity index is 822. The van der Waals surface area contributed by atoms with Crippen LogP contribution in [0, 0.1) is 27.2 Å². The molecule has 0 spiro atoms. The molecule has 0 saturated carbocycles. The Morgan fingerprint density at radius 3 is 2.36 bits per heavy atom. The molecule has 1 aromatic heterocycles. The number of ketones is 1. The van der Waals surface area contributed by atoms with Crippen LogP contribution in [-0.2, 0) is 11.2 Å². The SMILES string of the molecule is CC(=O)[C@H](Cc1ccc([N+](=O)[O-])cc1)Nc1nc(C)ncc1[N+](=O)[O-]. The van der Waals surface area contributed by atoms with Gasteiger partial charge < -0.3 is 5.32 Å². The number of carbonyl (C=O) groups is 1. The van der Waals surface area contributed by atoms with Crippen molar-refractivity contribution in [2.45, 2.75) is 26.3 Å². The summed E-state index contributed by atoms with van der Waals surface area (Å²) < 4.78 is 0. The first kappa shape index (κ1) is 17.9. The second kappa shape index (κ2) is 7.43. The molecule has 10 heteroatoms. The normalized spacial score (nSPS) is 11.6. The molecule has 0 radical (unpaired) electrons. The van der Waals surface area contributed by atoms with Gasteiger partial charge in [-0.05, 0) is 25.8 Å². The van der Waals surface area contributed by atoms with Gasteiger partial charge in [-0.2, -0.15) is 0 Å². The number of aromatic nitrogens is 2. The van der Waals surface area contributed by atoms with E-state index in [1.54, 1.807) is 6.92 Å². The lowest BCUT2D eigenvalue weighted by Crippen LogP contribution is -2.30. The minimum absolute atomic E-state index is 0.0420. The number of non-ortho nitro benzene ring substituents is 1. The van der Waals surface area contributed by atoms with Crippen molar-refractivity contribution >= 4 is 23.0 Å². The van der Waals surface area contributed by atoms with Gasteiger partial charge in [-0.25, -0.2) is 9.97 Å². The Morgan fingerprint density at radius 1 is 1.20 bits per heavy atom. The van der Waals surface area contributed by atoms with Crippen molar-refractivity contribution in [2.24, 2.45) is 0 Å². The van der Waals surface area contributed by atoms with E-state index in [9.17, 15) is 25.0 Å². The van der Waals surface area contributed by atoms with Crippen LogP contribution < -0.4 is 5.32 Å². The molecule has 0 aliphatic rings. The maximum atomic E-state index is 11.9. The predicted octanol–water partition coefficient (Wildman–Crippen LogP) is 2.21. The number of benzene rings is 1. The molecule has 0 amide bonds. The standard InChI is InChI=1S/C15H15N5O5/c1-9(21)13(7-11-3-5-12(6-4-11)19(22)23)18-15-14(20(24)25)8-16-10(2)17-15/h3-6,8,13H,7H2,1-2H3,(H,16,17,18)/t13-/m0/s1. The summed E-state index contributed by atoms with van der Waals surface area (Å²) in [6.07, 6.45) is 1.28. The molecule has 2 aromatic rings. The first-order valence-electron chi connectivity index (χ1n) is 7.26. The van der Waals surface area contributed by atoms with Crippen LogP contribution in [0.2, 0.25) is 0 Å². The monoisotopic (exact) mass is 345 g/mol. The van der Waals surface area contributed by atoms with E-state index in [-0.39, 0.29) is 29.4 Å². The maximum Gasteiger partial charge on any atom is 0.329 e. The Balaban J connectivity index is 2.25. The van der Waals surface area contributed by atoms with Crippen molar-refractivity contribution in [3.05, 3.63) is 62.1 Å². The van der Waals surface area contributed by atoms with Gasteiger partial charge in [-0.3, -0.25) is 25.0 Å². The number of nitrogens with one attached hydrogen (secondary N) is 1. The minimum atomic E-state index is -0.769. The fourth-order valence-electron chi connectivity index (χ4n) is 2.15. The van der Waals surface area contributed by atoms with Gasteiger partial charge in [-0.1, -0.05) is 12.1 Å². The van der Waals surface area contributed by atoms with Crippen LogP contribution in [0.25, 0.3) is 0 Å². The summed E-state index contributed by atoms with van der Waals surface area (Å²) in [6.45, 7) is 2.93. The number of nitrogens with zero attached hydrogens (tertiary/aromatic N) is 4. The van der Waals surface area contributed by atoms with Crippen molar-refractivity contribution < 1.29 is 14.6 Å². The number of hydrogen-bond donors (Lipinski definition) is 1. The van der Waals surface area contributed by atoms with Gasteiger partial charge in [0.2, 0.25) is 5.82 Å². The number of nitro benzene ring substituents is 1. The van der Waals surface area contributed by atoms with Crippen molar-refractivity contribution in [3.63, 3.8) is 0 Å². The fourth-order valence-corrected chi connectivity index (χ4v) is 2.15. The van der Waals surface area contributed by atoms with E-state index in [0.717, 1.165) is 6.20 Å². The van der Waals surface area contributed by atoms with Crippen LogP contribution in [0.5, 0.6) is 0 Å². The van der Waals surface area contributed by atoms with Gasteiger partial charge in [0.25, 0.3) is 5.69 Å². The highest BCUT2D eigenvalue weighted by Gasteiger charge is 2.22. The third kappa shape index (κ3) is 4.53. The second-order valence-electron chi connectivity index (χ2n) is 5.34. The molecule has 0 aliphatic heterocycles. The largest absolute Gasteiger partial charge is 0.354 e. The van der Waals surface area contributed by atoms with Crippen molar-refractivity contribution in [1.82, 2.24) is 9.97 Å². The van der Waals surface area contributed by atoms with Crippen LogP contribution in [0.4, 0.5) is 17.2 Å². The van der Waals surface area contributed by atoms with Crippen LogP contribution in [0.15, 0.2) is 30.5 Å². The highest BCUT2D eigenvalue weighted by atomic mass is 16.6. The number of carbonyl (C=O) groups excluding carboxylic acids is 1. The minimum Gasteiger partial charge on any atom is -0.354 e. The van der Waals surface area contributed by atoms with E-state index >= 15 is 0 Å². The van der Waals surface area contributed by atoms with E-state index in [1.165, 1.54) is 31.2 Å². The molecule has 2 rings (SSSR count). The van der Waals surface area contributed by atoms with Gasteiger partial charge in [0.15, 0.2) is 5.78 Å². The molecular formula is C15H15N5O5. The smallest absolute Gasteiger partial charge is 0.329 e. The molecule has 1 atom stereocenters. The van der Waals surface area contributed by atoms with Crippen LogP contribution in [0.3, 0.4) is 0 Å². The van der Waals surface area contributed by atoms with Crippen LogP contribution in [0.1, 0.15) is 18.3 Å². The average molecular weight is 345 g/mol. The summed E-state index contributed by atoms with van der Waals surface area (Å²) in [5, 5.41) is 24.5. The lowest BCUT2D eigenvalue weighted by Gasteiger charge is -2.16. The number of nitro groups is 2. The molecule has 130 valence electrons. The van der Waals surface area contributed by atoms with E-state index in [0.29, 0.717) is 11.4 Å². The molecule has 0 aliphatic carbocycles. The van der Waals surface area contributed by atoms with Crippen LogP contribution in [-0.4, -0.2) is 31.6 Å². The average Bonchev–Trinajstić information content (AvgIpc) is 2.54. The zero-order valence-corrected chi connectivity index (χ0v) is 13.5. The number of anilines is 1. The first-order valence-corrected chi connectivity index (χ1v) is 7.26. The maximum absolute atomic E-state index is 11.9. The van der Waals surface area contributed by atoms with E-state index in [1.807, 2.05) is 0 Å². The van der Waals surface area contributed by atoms with Gasteiger partial charge in [0.1, 0.15) is 12.0 Å². The Labute approximate surface area is 142 Å². The van der Waals surface area contributed by atoms with E-state index in [4.69, 9.17) is 0 Å². The third-order valence-electron chi connectivity index (χ3n) is 3.48. The highest BCUT2D eigenvalue weighted by Crippen LogP contribution is 2.22. The number of hydrogen-bond acceptors (Lipinski definition) is 8. The van der Waals surface area contributed by atoms with E-state index in [2.05, 4.69) is 15.3 Å². The summed E-state index contributed by atoms with van der Waals surface area (Å²) in [7, 11) is 0. The molecular weight excluding hydrogens is 330 g/mol. The Kier molecular flexibility index (Phi) is 5.32. The fraction of sp³-hybridized carbons (Fsp3) is 0.267. The summed E-state index contributed by atoms with van der Waals surface area (Å²) in [5.74, 6) is 0.0364. The molecule has 0 unspecified atom stereocenters. The molecule has 1 aromatic carbocycles. The van der Waals surface area contributed by atoms with Gasteiger partial charge in [-0.15, -0.1) is 0 Å². The van der Waals surface area contributed by atoms with Crippen molar-refractivity contribution in [1.29, 1.82) is 0 Å². The van der Waals surface area contributed by atoms with Crippen molar-refractivity contribution in [3.8, 4) is 0 Å². The Hall–Kier alpha value is -3.43. The van der Waals surface area contributed by atoms with Crippen molar-refractivity contribution in [2.75, 3.05) is 5.32 Å². The first-order chi connectivity index (χ1) is 11.8. The summed E-state index contributed by atoms with van der Waals surface area (Å²) in [4.78, 5) is 40.3. The van der Waals surface area contributed by atoms with E-state index < -0.39 is 15.9 Å². The Morgan fingerprint density at radius 2 is 1.84 bits per heavy atom. The number of rotatable bonds is 7. The lowest BCUT2D eigenvalue weighted by molar-refractivity contribution is -0.384. The second-order valence-corrected chi connectivity index (χ2v) is 5.34. The number of aryl methyl sites for hydroxylation is 1. The number of Topliss-reactive ketones (excluding diaryl/α,β-unsaturated/α-hetero) is 1. The molecule has 1 heterocycles. The zero-order chi connectivity index (χ0) is 18.6. The van der Waals surface area contributed by atoms with Gasteiger partial charge >= 0.3 is 5.69 Å². The molecule has 0 bridgehead atoms. The molecule has 0 fully saturated rings. The summed E-state index contributed by atoms with van der Waals surface area (Å²) in [6, 6.07) is 4.98. The molecule has 0 saturated heterocycles. The lowest BCUT2D eigenvalue weighted by atomic mass is 10.0. The highest BCUT2D eigenvalue weighted by molar-refractivity contribution is 5.85. The predicted molar refractivity (Wildman–Crippen MR) is 88.3 cm³/mol. The quantitative estimate of drug-likeness (QED) is 0.594. The topological polar surface area (TPSA) is 141 Å². The molecule has 10 nitrogen and oxygen atoms in total. The molecule has 25 heavy (non-hydrogen) atoms. The van der Waals surface area contributed by atoms with Gasteiger partial charge in [0, 0.05) is 12.1 Å². The summed E-state index contributed by atoms with van der Waals surface area (Å²) in [5.41, 5.74) is 0.283. The third-order valence-corrected chi connectivity index (χ3v) is 3.48.